The summed E-state index contributed by atoms with van der Waals surface area (Å²) in [6.45, 7) is 6.59. The van der Waals surface area contributed by atoms with Crippen LogP contribution in [-0.4, -0.2) is 0 Å². The molecule has 0 spiro atoms. The Morgan fingerprint density at radius 2 is 1.81 bits per heavy atom. The monoisotopic (exact) mass is 284 g/mol. The molecule has 4 aliphatic rings. The van der Waals surface area contributed by atoms with Crippen LogP contribution >= 0.6 is 0 Å². The zero-order valence-corrected chi connectivity index (χ0v) is 13.9. The maximum absolute atomic E-state index is 3.98. The molecule has 0 heterocycles. The fourth-order valence-electron chi connectivity index (χ4n) is 7.43. The van der Waals surface area contributed by atoms with Crippen molar-refractivity contribution in [1.82, 2.24) is 0 Å². The van der Waals surface area contributed by atoms with E-state index in [0.717, 1.165) is 23.7 Å². The number of hydrogen-bond donors (Lipinski definition) is 0. The van der Waals surface area contributed by atoms with Gasteiger partial charge in [-0.25, -0.2) is 0 Å². The van der Waals surface area contributed by atoms with Crippen LogP contribution in [0.15, 0.2) is 18.4 Å². The van der Waals surface area contributed by atoms with Crippen LogP contribution in [0.4, 0.5) is 0 Å². The SMILES string of the molecule is C=C=C[C@]12CCCCC1CC[C@H]1[C@@H]3CCC[C@@]3(C)CC[C@@H]12. The van der Waals surface area contributed by atoms with Gasteiger partial charge in [-0.05, 0) is 86.5 Å². The van der Waals surface area contributed by atoms with Crippen molar-refractivity contribution in [2.24, 2.45) is 34.5 Å². The second-order valence-corrected chi connectivity index (χ2v) is 8.94. The van der Waals surface area contributed by atoms with Gasteiger partial charge >= 0.3 is 0 Å². The van der Waals surface area contributed by atoms with Crippen LogP contribution in [0, 0.1) is 34.5 Å². The third kappa shape index (κ3) is 1.94. The summed E-state index contributed by atoms with van der Waals surface area (Å²) in [5.41, 5.74) is 4.44. The van der Waals surface area contributed by atoms with E-state index in [-0.39, 0.29) is 0 Å². The van der Waals surface area contributed by atoms with Crippen LogP contribution in [0.3, 0.4) is 0 Å². The Bertz CT molecular complexity index is 457. The molecule has 21 heavy (non-hydrogen) atoms. The molecule has 0 aromatic heterocycles. The van der Waals surface area contributed by atoms with Crippen molar-refractivity contribution >= 4 is 0 Å². The average molecular weight is 284 g/mol. The molecule has 0 N–H and O–H groups in total. The number of rotatable bonds is 1. The molecule has 0 saturated heterocycles. The highest BCUT2D eigenvalue weighted by molar-refractivity contribution is 5.14. The molecule has 0 aromatic carbocycles. The maximum Gasteiger partial charge on any atom is 0.00165 e. The van der Waals surface area contributed by atoms with Crippen LogP contribution in [0.25, 0.3) is 0 Å². The van der Waals surface area contributed by atoms with E-state index in [1.807, 2.05) is 0 Å². The lowest BCUT2D eigenvalue weighted by Crippen LogP contribution is -2.52. The second-order valence-electron chi connectivity index (χ2n) is 8.94. The van der Waals surface area contributed by atoms with Crippen molar-refractivity contribution in [1.29, 1.82) is 0 Å². The van der Waals surface area contributed by atoms with Crippen molar-refractivity contribution < 1.29 is 0 Å². The molecule has 1 unspecified atom stereocenters. The Morgan fingerprint density at radius 1 is 0.905 bits per heavy atom. The first-order chi connectivity index (χ1) is 10.2. The van der Waals surface area contributed by atoms with Crippen LogP contribution in [-0.2, 0) is 0 Å². The molecule has 0 amide bonds. The van der Waals surface area contributed by atoms with E-state index < -0.39 is 0 Å². The zero-order valence-electron chi connectivity index (χ0n) is 13.9. The van der Waals surface area contributed by atoms with E-state index >= 15 is 0 Å². The average Bonchev–Trinajstić information content (AvgIpc) is 2.89. The van der Waals surface area contributed by atoms with Gasteiger partial charge in [-0.3, -0.25) is 0 Å². The summed E-state index contributed by atoms with van der Waals surface area (Å²) in [4.78, 5) is 0. The molecule has 116 valence electrons. The predicted molar refractivity (Wildman–Crippen MR) is 89.0 cm³/mol. The van der Waals surface area contributed by atoms with Gasteiger partial charge in [0.25, 0.3) is 0 Å². The van der Waals surface area contributed by atoms with Crippen molar-refractivity contribution in [3.63, 3.8) is 0 Å². The van der Waals surface area contributed by atoms with Gasteiger partial charge < -0.3 is 0 Å². The van der Waals surface area contributed by atoms with E-state index in [2.05, 4.69) is 25.3 Å². The van der Waals surface area contributed by atoms with Crippen LogP contribution in [0.5, 0.6) is 0 Å². The zero-order chi connectivity index (χ0) is 14.5. The van der Waals surface area contributed by atoms with Crippen LogP contribution < -0.4 is 0 Å². The summed E-state index contributed by atoms with van der Waals surface area (Å²) in [5.74, 6) is 3.97. The number of fused-ring (bicyclic) bond motifs is 5. The molecule has 0 aromatic rings. The normalized spacial score (nSPS) is 52.2. The second kappa shape index (κ2) is 5.02. The van der Waals surface area contributed by atoms with Gasteiger partial charge in [0.1, 0.15) is 0 Å². The van der Waals surface area contributed by atoms with Gasteiger partial charge in [0.15, 0.2) is 0 Å². The summed E-state index contributed by atoms with van der Waals surface area (Å²) in [6.07, 6.45) is 18.8. The first-order valence-electron chi connectivity index (χ1n) is 9.57. The maximum atomic E-state index is 3.98. The van der Waals surface area contributed by atoms with E-state index in [4.69, 9.17) is 0 Å². The minimum absolute atomic E-state index is 0.493. The minimum Gasteiger partial charge on any atom is -0.132 e. The number of hydrogen-bond acceptors (Lipinski definition) is 0. The number of allylic oxidation sites excluding steroid dienone is 1. The molecule has 0 nitrogen and oxygen atoms in total. The molecule has 4 rings (SSSR count). The topological polar surface area (TPSA) is 0 Å². The summed E-state index contributed by atoms with van der Waals surface area (Å²) in [6, 6.07) is 0. The van der Waals surface area contributed by atoms with Gasteiger partial charge in [0, 0.05) is 5.41 Å². The third-order valence-electron chi connectivity index (χ3n) is 8.30. The highest BCUT2D eigenvalue weighted by Gasteiger charge is 2.57. The molecule has 0 aliphatic heterocycles. The van der Waals surface area contributed by atoms with Gasteiger partial charge in [0.2, 0.25) is 0 Å². The molecule has 0 bridgehead atoms. The molecule has 0 radical (unpaired) electrons. The fourth-order valence-corrected chi connectivity index (χ4v) is 7.43. The fraction of sp³-hybridized carbons (Fsp3) is 0.857. The highest BCUT2D eigenvalue weighted by atomic mass is 14.6. The Morgan fingerprint density at radius 3 is 2.67 bits per heavy atom. The Kier molecular flexibility index (Phi) is 3.38. The van der Waals surface area contributed by atoms with Gasteiger partial charge in [-0.2, -0.15) is 0 Å². The molecule has 4 aliphatic carbocycles. The van der Waals surface area contributed by atoms with E-state index in [0.29, 0.717) is 10.8 Å². The largest absolute Gasteiger partial charge is 0.132 e. The van der Waals surface area contributed by atoms with Crippen LogP contribution in [0.1, 0.15) is 77.6 Å². The summed E-state index contributed by atoms with van der Waals surface area (Å²) in [5, 5.41) is 0. The lowest BCUT2D eigenvalue weighted by Gasteiger charge is -2.60. The quantitative estimate of drug-likeness (QED) is 0.508. The minimum atomic E-state index is 0.493. The molecular weight excluding hydrogens is 252 g/mol. The van der Waals surface area contributed by atoms with E-state index in [1.165, 1.54) is 70.6 Å². The van der Waals surface area contributed by atoms with Crippen molar-refractivity contribution in [3.8, 4) is 0 Å². The Labute approximate surface area is 131 Å². The van der Waals surface area contributed by atoms with Crippen molar-refractivity contribution in [2.75, 3.05) is 0 Å². The summed E-state index contributed by atoms with van der Waals surface area (Å²) < 4.78 is 0. The lowest BCUT2D eigenvalue weighted by molar-refractivity contribution is -0.0870. The van der Waals surface area contributed by atoms with Gasteiger partial charge in [0.05, 0.1) is 0 Å². The molecule has 4 saturated carbocycles. The summed E-state index contributed by atoms with van der Waals surface area (Å²) >= 11 is 0. The van der Waals surface area contributed by atoms with Gasteiger partial charge in [-0.15, -0.1) is 5.73 Å². The third-order valence-corrected chi connectivity index (χ3v) is 8.30. The highest BCUT2D eigenvalue weighted by Crippen LogP contribution is 2.66. The van der Waals surface area contributed by atoms with E-state index in [9.17, 15) is 0 Å². The molecule has 6 atom stereocenters. The molecule has 0 heteroatoms. The van der Waals surface area contributed by atoms with E-state index in [1.54, 1.807) is 0 Å². The first-order valence-corrected chi connectivity index (χ1v) is 9.57. The van der Waals surface area contributed by atoms with Gasteiger partial charge in [-0.1, -0.05) is 32.8 Å². The van der Waals surface area contributed by atoms with Crippen LogP contribution in [0.2, 0.25) is 0 Å². The molecular formula is C21H32. The lowest BCUT2D eigenvalue weighted by atomic mass is 9.45. The first kappa shape index (κ1) is 14.1. The smallest absolute Gasteiger partial charge is 0.00165 e. The standard InChI is InChI=1S/C21H32/c1-3-12-21-14-5-4-7-16(21)9-10-17-18-8-6-13-20(18,2)15-11-19(17)21/h12,16-19H,1,4-11,13-15H2,2H3/t16?,17-,18-,19-,20-,21-/m0/s1. The predicted octanol–water partition coefficient (Wildman–Crippen LogP) is 6.13. The van der Waals surface area contributed by atoms with Crippen molar-refractivity contribution in [2.45, 2.75) is 77.6 Å². The molecule has 4 fully saturated rings. The Balaban J connectivity index is 1.71. The summed E-state index contributed by atoms with van der Waals surface area (Å²) in [7, 11) is 0. The Hall–Kier alpha value is -0.480. The van der Waals surface area contributed by atoms with Crippen molar-refractivity contribution in [3.05, 3.63) is 18.4 Å².